The van der Waals surface area contributed by atoms with Crippen LogP contribution in [0.3, 0.4) is 0 Å². The SMILES string of the molecule is COC(=O)C1CCN(C(=O)c2ccno2)CC1. The summed E-state index contributed by atoms with van der Waals surface area (Å²) in [6, 6.07) is 1.54. The Morgan fingerprint density at radius 1 is 1.47 bits per heavy atom. The second-order valence-electron chi connectivity index (χ2n) is 3.97. The maximum absolute atomic E-state index is 11.9. The molecule has 0 aliphatic carbocycles. The van der Waals surface area contributed by atoms with Crippen LogP contribution in [-0.4, -0.2) is 42.1 Å². The minimum Gasteiger partial charge on any atom is -0.469 e. The summed E-state index contributed by atoms with van der Waals surface area (Å²) in [5, 5.41) is 3.50. The van der Waals surface area contributed by atoms with Gasteiger partial charge >= 0.3 is 5.97 Å². The first kappa shape index (κ1) is 11.6. The number of piperidine rings is 1. The summed E-state index contributed by atoms with van der Waals surface area (Å²) in [4.78, 5) is 24.9. The molecule has 6 heteroatoms. The first-order chi connectivity index (χ1) is 8.22. The maximum Gasteiger partial charge on any atom is 0.308 e. The van der Waals surface area contributed by atoms with E-state index in [1.54, 1.807) is 4.90 Å². The van der Waals surface area contributed by atoms with E-state index in [4.69, 9.17) is 4.52 Å². The van der Waals surface area contributed by atoms with Crippen LogP contribution >= 0.6 is 0 Å². The van der Waals surface area contributed by atoms with Crippen LogP contribution < -0.4 is 0 Å². The van der Waals surface area contributed by atoms with Crippen molar-refractivity contribution in [2.75, 3.05) is 20.2 Å². The lowest BCUT2D eigenvalue weighted by atomic mass is 9.97. The zero-order valence-electron chi connectivity index (χ0n) is 9.59. The third kappa shape index (κ3) is 2.46. The van der Waals surface area contributed by atoms with Crippen LogP contribution in [0.25, 0.3) is 0 Å². The molecule has 0 atom stereocenters. The monoisotopic (exact) mass is 238 g/mol. The molecule has 92 valence electrons. The smallest absolute Gasteiger partial charge is 0.308 e. The van der Waals surface area contributed by atoms with Gasteiger partial charge in [0.15, 0.2) is 0 Å². The van der Waals surface area contributed by atoms with Crippen LogP contribution in [0, 0.1) is 5.92 Å². The number of amides is 1. The summed E-state index contributed by atoms with van der Waals surface area (Å²) in [5.74, 6) is -0.233. The van der Waals surface area contributed by atoms with Gasteiger partial charge in [-0.25, -0.2) is 0 Å². The number of hydrogen-bond acceptors (Lipinski definition) is 5. The maximum atomic E-state index is 11.9. The highest BCUT2D eigenvalue weighted by Gasteiger charge is 2.29. The molecule has 1 aliphatic rings. The molecule has 1 aliphatic heterocycles. The highest BCUT2D eigenvalue weighted by Crippen LogP contribution is 2.19. The van der Waals surface area contributed by atoms with Gasteiger partial charge < -0.3 is 14.2 Å². The average Bonchev–Trinajstić information content (AvgIpc) is 2.91. The van der Waals surface area contributed by atoms with Crippen molar-refractivity contribution in [2.24, 2.45) is 5.92 Å². The Kier molecular flexibility index (Phi) is 3.41. The van der Waals surface area contributed by atoms with Crippen LogP contribution in [0.1, 0.15) is 23.4 Å². The third-order valence-corrected chi connectivity index (χ3v) is 2.97. The Morgan fingerprint density at radius 3 is 2.71 bits per heavy atom. The number of likely N-dealkylation sites (tertiary alicyclic amines) is 1. The number of esters is 1. The van der Waals surface area contributed by atoms with Crippen LogP contribution in [-0.2, 0) is 9.53 Å². The first-order valence-electron chi connectivity index (χ1n) is 5.50. The van der Waals surface area contributed by atoms with E-state index < -0.39 is 0 Å². The highest BCUT2D eigenvalue weighted by atomic mass is 16.5. The van der Waals surface area contributed by atoms with E-state index >= 15 is 0 Å². The molecule has 1 fully saturated rings. The Hall–Kier alpha value is -1.85. The minimum absolute atomic E-state index is 0.0984. The molecule has 2 rings (SSSR count). The Morgan fingerprint density at radius 2 is 2.18 bits per heavy atom. The van der Waals surface area contributed by atoms with Crippen molar-refractivity contribution in [2.45, 2.75) is 12.8 Å². The summed E-state index contributed by atoms with van der Waals surface area (Å²) in [6.45, 7) is 1.08. The standard InChI is InChI=1S/C11H14N2O4/c1-16-11(15)8-3-6-13(7-4-8)10(14)9-2-5-12-17-9/h2,5,8H,3-4,6-7H2,1H3. The summed E-state index contributed by atoms with van der Waals surface area (Å²) >= 11 is 0. The Bertz CT molecular complexity index is 394. The van der Waals surface area contributed by atoms with E-state index in [-0.39, 0.29) is 23.6 Å². The van der Waals surface area contributed by atoms with Gasteiger partial charge in [0, 0.05) is 19.2 Å². The molecule has 0 spiro atoms. The van der Waals surface area contributed by atoms with Crippen molar-refractivity contribution in [3.63, 3.8) is 0 Å². The van der Waals surface area contributed by atoms with Crippen LogP contribution in [0.5, 0.6) is 0 Å². The molecule has 2 heterocycles. The second kappa shape index (κ2) is 4.99. The number of hydrogen-bond donors (Lipinski definition) is 0. The molecule has 0 unspecified atom stereocenters. The molecule has 6 nitrogen and oxygen atoms in total. The quantitative estimate of drug-likeness (QED) is 0.709. The molecule has 0 N–H and O–H groups in total. The fraction of sp³-hybridized carbons (Fsp3) is 0.545. The summed E-state index contributed by atoms with van der Waals surface area (Å²) in [5.41, 5.74) is 0. The van der Waals surface area contributed by atoms with E-state index in [0.29, 0.717) is 25.9 Å². The van der Waals surface area contributed by atoms with Gasteiger partial charge in [-0.15, -0.1) is 0 Å². The lowest BCUT2D eigenvalue weighted by molar-refractivity contribution is -0.146. The lowest BCUT2D eigenvalue weighted by Gasteiger charge is -2.29. The third-order valence-electron chi connectivity index (χ3n) is 2.97. The molecule has 17 heavy (non-hydrogen) atoms. The van der Waals surface area contributed by atoms with E-state index in [0.717, 1.165) is 0 Å². The Labute approximate surface area is 98.5 Å². The van der Waals surface area contributed by atoms with Crippen molar-refractivity contribution < 1.29 is 18.8 Å². The van der Waals surface area contributed by atoms with Crippen molar-refractivity contribution in [1.29, 1.82) is 0 Å². The molecular formula is C11H14N2O4. The van der Waals surface area contributed by atoms with Gasteiger partial charge in [0.25, 0.3) is 5.91 Å². The molecule has 1 aromatic heterocycles. The number of ether oxygens (including phenoxy) is 1. The molecule has 0 bridgehead atoms. The molecule has 0 saturated carbocycles. The number of carbonyl (C=O) groups excluding carboxylic acids is 2. The van der Waals surface area contributed by atoms with Crippen molar-refractivity contribution >= 4 is 11.9 Å². The van der Waals surface area contributed by atoms with Gasteiger partial charge in [0.05, 0.1) is 19.2 Å². The van der Waals surface area contributed by atoms with E-state index in [2.05, 4.69) is 9.89 Å². The first-order valence-corrected chi connectivity index (χ1v) is 5.50. The topological polar surface area (TPSA) is 72.6 Å². The molecular weight excluding hydrogens is 224 g/mol. The normalized spacial score (nSPS) is 16.9. The van der Waals surface area contributed by atoms with Crippen molar-refractivity contribution in [3.8, 4) is 0 Å². The lowest BCUT2D eigenvalue weighted by Crippen LogP contribution is -2.40. The van der Waals surface area contributed by atoms with Crippen LogP contribution in [0.4, 0.5) is 0 Å². The predicted molar refractivity (Wildman–Crippen MR) is 57.1 cm³/mol. The number of rotatable bonds is 2. The van der Waals surface area contributed by atoms with E-state index in [1.165, 1.54) is 19.4 Å². The molecule has 1 saturated heterocycles. The van der Waals surface area contributed by atoms with Gasteiger partial charge in [-0.3, -0.25) is 9.59 Å². The van der Waals surface area contributed by atoms with Crippen molar-refractivity contribution in [3.05, 3.63) is 18.0 Å². The largest absolute Gasteiger partial charge is 0.469 e. The summed E-state index contributed by atoms with van der Waals surface area (Å²) in [6.07, 6.45) is 2.70. The summed E-state index contributed by atoms with van der Waals surface area (Å²) < 4.78 is 9.50. The zero-order valence-corrected chi connectivity index (χ0v) is 9.59. The Balaban J connectivity index is 1.91. The molecule has 0 aromatic carbocycles. The number of carbonyl (C=O) groups is 2. The van der Waals surface area contributed by atoms with Crippen LogP contribution in [0.2, 0.25) is 0 Å². The van der Waals surface area contributed by atoms with E-state index in [9.17, 15) is 9.59 Å². The van der Waals surface area contributed by atoms with Gasteiger partial charge in [-0.2, -0.15) is 0 Å². The molecule has 1 amide bonds. The fourth-order valence-electron chi connectivity index (χ4n) is 1.97. The number of nitrogens with zero attached hydrogens (tertiary/aromatic N) is 2. The van der Waals surface area contributed by atoms with Crippen molar-refractivity contribution in [1.82, 2.24) is 10.1 Å². The minimum atomic E-state index is -0.197. The zero-order chi connectivity index (χ0) is 12.3. The number of aromatic nitrogens is 1. The van der Waals surface area contributed by atoms with Gasteiger partial charge in [-0.1, -0.05) is 5.16 Å². The molecule has 0 radical (unpaired) electrons. The summed E-state index contributed by atoms with van der Waals surface area (Å²) in [7, 11) is 1.38. The highest BCUT2D eigenvalue weighted by molar-refractivity contribution is 5.91. The fourth-order valence-corrected chi connectivity index (χ4v) is 1.97. The molecule has 1 aromatic rings. The van der Waals surface area contributed by atoms with Gasteiger partial charge in [0.2, 0.25) is 5.76 Å². The van der Waals surface area contributed by atoms with Gasteiger partial charge in [-0.05, 0) is 12.8 Å². The second-order valence-corrected chi connectivity index (χ2v) is 3.97. The van der Waals surface area contributed by atoms with Gasteiger partial charge in [0.1, 0.15) is 0 Å². The predicted octanol–water partition coefficient (Wildman–Crippen LogP) is 0.700. The number of methoxy groups -OCH3 is 1. The average molecular weight is 238 g/mol. The van der Waals surface area contributed by atoms with Crippen LogP contribution in [0.15, 0.2) is 16.8 Å². The van der Waals surface area contributed by atoms with E-state index in [1.807, 2.05) is 0 Å².